The van der Waals surface area contributed by atoms with E-state index in [4.69, 9.17) is 47.0 Å². The molecule has 1 aliphatic rings. The van der Waals surface area contributed by atoms with E-state index >= 15 is 0 Å². The smallest absolute Gasteiger partial charge is 0.266 e. The zero-order chi connectivity index (χ0) is 20.3. The van der Waals surface area contributed by atoms with Crippen molar-refractivity contribution >= 4 is 86.7 Å². The second-order valence-corrected chi connectivity index (χ2v) is 8.62. The van der Waals surface area contributed by atoms with Crippen molar-refractivity contribution < 1.29 is 9.59 Å². The van der Waals surface area contributed by atoms with Gasteiger partial charge in [-0.1, -0.05) is 83.0 Å². The second kappa shape index (κ2) is 9.29. The molecule has 1 heterocycles. The van der Waals surface area contributed by atoms with Gasteiger partial charge in [0.1, 0.15) is 4.32 Å². The Labute approximate surface area is 186 Å². The highest BCUT2D eigenvalue weighted by Crippen LogP contribution is 2.34. The van der Waals surface area contributed by atoms with E-state index in [0.29, 0.717) is 25.0 Å². The lowest BCUT2D eigenvalue weighted by atomic mass is 10.2. The molecule has 0 unspecified atom stereocenters. The fourth-order valence-electron chi connectivity index (χ4n) is 2.45. The predicted molar refractivity (Wildman–Crippen MR) is 121 cm³/mol. The average Bonchev–Trinajstić information content (AvgIpc) is 2.92. The number of benzene rings is 2. The summed E-state index contributed by atoms with van der Waals surface area (Å²) in [6.45, 7) is 0.161. The third-order valence-corrected chi connectivity index (χ3v) is 6.39. The van der Waals surface area contributed by atoms with Gasteiger partial charge in [0.2, 0.25) is 5.91 Å². The summed E-state index contributed by atoms with van der Waals surface area (Å²) in [5, 5.41) is 3.85. The Morgan fingerprint density at radius 2 is 1.82 bits per heavy atom. The Hall–Kier alpha value is -1.57. The molecule has 0 atom stereocenters. The first-order valence-corrected chi connectivity index (χ1v) is 10.5. The van der Waals surface area contributed by atoms with Crippen molar-refractivity contribution in [2.24, 2.45) is 0 Å². The van der Waals surface area contributed by atoms with Gasteiger partial charge in [0.25, 0.3) is 5.91 Å². The van der Waals surface area contributed by atoms with E-state index < -0.39 is 0 Å². The molecule has 144 valence electrons. The molecule has 0 aliphatic carbocycles. The molecule has 9 heteroatoms. The van der Waals surface area contributed by atoms with Gasteiger partial charge in [0, 0.05) is 18.0 Å². The molecule has 1 fully saturated rings. The van der Waals surface area contributed by atoms with Gasteiger partial charge >= 0.3 is 0 Å². The third kappa shape index (κ3) is 4.88. The highest BCUT2D eigenvalue weighted by atomic mass is 35.5. The summed E-state index contributed by atoms with van der Waals surface area (Å²) < 4.78 is 0.400. The second-order valence-electron chi connectivity index (χ2n) is 5.75. The number of carbonyl (C=O) groups is 2. The quantitative estimate of drug-likeness (QED) is 0.437. The Morgan fingerprint density at radius 1 is 1.11 bits per heavy atom. The molecule has 0 saturated carbocycles. The number of carbonyl (C=O) groups excluding carboxylic acids is 2. The number of anilines is 1. The van der Waals surface area contributed by atoms with Gasteiger partial charge < -0.3 is 5.32 Å². The van der Waals surface area contributed by atoms with Crippen molar-refractivity contribution in [2.75, 3.05) is 11.9 Å². The molecule has 0 bridgehead atoms. The van der Waals surface area contributed by atoms with Crippen LogP contribution in [0.3, 0.4) is 0 Å². The summed E-state index contributed by atoms with van der Waals surface area (Å²) >= 11 is 24.6. The lowest BCUT2D eigenvalue weighted by molar-refractivity contribution is -0.122. The van der Waals surface area contributed by atoms with Crippen molar-refractivity contribution in [3.8, 4) is 0 Å². The molecule has 2 aromatic carbocycles. The lowest BCUT2D eigenvalue weighted by Crippen LogP contribution is -2.31. The molecule has 2 amide bonds. The Morgan fingerprint density at radius 3 is 2.57 bits per heavy atom. The number of amides is 2. The monoisotopic (exact) mass is 470 g/mol. The number of rotatable bonds is 5. The molecule has 2 aromatic rings. The Kier molecular flexibility index (Phi) is 7.01. The minimum atomic E-state index is -0.298. The molecule has 1 N–H and O–H groups in total. The van der Waals surface area contributed by atoms with Crippen molar-refractivity contribution in [3.63, 3.8) is 0 Å². The fourth-order valence-corrected chi connectivity index (χ4v) is 4.29. The number of nitrogens with zero attached hydrogens (tertiary/aromatic N) is 1. The maximum Gasteiger partial charge on any atom is 0.266 e. The number of hydrogen-bond acceptors (Lipinski definition) is 4. The number of hydrogen-bond donors (Lipinski definition) is 1. The molecule has 4 nitrogen and oxygen atoms in total. The van der Waals surface area contributed by atoms with E-state index in [0.717, 1.165) is 5.56 Å². The topological polar surface area (TPSA) is 49.4 Å². The van der Waals surface area contributed by atoms with E-state index in [9.17, 15) is 9.59 Å². The predicted octanol–water partition coefficient (Wildman–Crippen LogP) is 5.88. The molecule has 0 aromatic heterocycles. The molecule has 0 spiro atoms. The number of thiocarbonyl (C=S) groups is 1. The van der Waals surface area contributed by atoms with Gasteiger partial charge in [0.05, 0.1) is 20.6 Å². The molecular weight excluding hydrogens is 459 g/mol. The van der Waals surface area contributed by atoms with Crippen LogP contribution in [0.15, 0.2) is 47.4 Å². The van der Waals surface area contributed by atoms with Gasteiger partial charge in [-0.2, -0.15) is 0 Å². The first kappa shape index (κ1) is 21.1. The van der Waals surface area contributed by atoms with Crippen molar-refractivity contribution in [2.45, 2.75) is 6.42 Å². The normalized spacial score (nSPS) is 15.4. The van der Waals surface area contributed by atoms with E-state index in [1.54, 1.807) is 30.3 Å². The summed E-state index contributed by atoms with van der Waals surface area (Å²) in [4.78, 5) is 26.7. The first-order chi connectivity index (χ1) is 13.4. The van der Waals surface area contributed by atoms with Crippen molar-refractivity contribution in [1.82, 2.24) is 4.90 Å². The van der Waals surface area contributed by atoms with Crippen LogP contribution in [0.4, 0.5) is 5.69 Å². The molecule has 1 saturated heterocycles. The minimum Gasteiger partial charge on any atom is -0.325 e. The summed E-state index contributed by atoms with van der Waals surface area (Å²) in [6, 6.07) is 12.2. The number of halogens is 3. The highest BCUT2D eigenvalue weighted by Gasteiger charge is 2.32. The Balaban J connectivity index is 1.64. The van der Waals surface area contributed by atoms with Crippen LogP contribution in [0.5, 0.6) is 0 Å². The van der Waals surface area contributed by atoms with Crippen LogP contribution in [-0.4, -0.2) is 27.6 Å². The van der Waals surface area contributed by atoms with Crippen molar-refractivity contribution in [3.05, 3.63) is 68.0 Å². The molecule has 28 heavy (non-hydrogen) atoms. The molecule has 1 aliphatic heterocycles. The molecular formula is C19H13Cl3N2O2S2. The minimum absolute atomic E-state index is 0.0641. The number of thioether (sulfide) groups is 1. The highest BCUT2D eigenvalue weighted by molar-refractivity contribution is 8.26. The largest absolute Gasteiger partial charge is 0.325 e. The van der Waals surface area contributed by atoms with E-state index in [2.05, 4.69) is 5.32 Å². The van der Waals surface area contributed by atoms with Crippen LogP contribution in [0, 0.1) is 0 Å². The van der Waals surface area contributed by atoms with Crippen LogP contribution >= 0.6 is 58.8 Å². The fraction of sp³-hybridized carbons (Fsp3) is 0.105. The van der Waals surface area contributed by atoms with Crippen LogP contribution < -0.4 is 5.32 Å². The SMILES string of the molecule is O=C(CCN1C(=O)/C(=C\c2ccccc2Cl)SC1=S)Nc1cccc(Cl)c1Cl. The van der Waals surface area contributed by atoms with E-state index in [-0.39, 0.29) is 29.8 Å². The van der Waals surface area contributed by atoms with E-state index in [1.165, 1.54) is 16.7 Å². The summed E-state index contributed by atoms with van der Waals surface area (Å²) in [7, 11) is 0. The summed E-state index contributed by atoms with van der Waals surface area (Å²) in [5.41, 5.74) is 1.15. The van der Waals surface area contributed by atoms with Gasteiger partial charge in [-0.05, 0) is 29.8 Å². The zero-order valence-corrected chi connectivity index (χ0v) is 18.1. The van der Waals surface area contributed by atoms with Gasteiger partial charge in [0.15, 0.2) is 0 Å². The van der Waals surface area contributed by atoms with Crippen LogP contribution in [-0.2, 0) is 9.59 Å². The van der Waals surface area contributed by atoms with Gasteiger partial charge in [-0.15, -0.1) is 0 Å². The zero-order valence-electron chi connectivity index (χ0n) is 14.2. The number of nitrogens with one attached hydrogen (secondary N) is 1. The van der Waals surface area contributed by atoms with E-state index in [1.807, 2.05) is 18.2 Å². The van der Waals surface area contributed by atoms with Crippen LogP contribution in [0.1, 0.15) is 12.0 Å². The standard InChI is InChI=1S/C19H13Cl3N2O2S2/c20-12-5-2-1-4-11(12)10-15-18(26)24(19(27)28-15)9-8-16(25)23-14-7-3-6-13(21)17(14)22/h1-7,10H,8-9H2,(H,23,25)/b15-10+. The molecule has 3 rings (SSSR count). The maximum absolute atomic E-state index is 12.6. The lowest BCUT2D eigenvalue weighted by Gasteiger charge is -2.14. The Bertz CT molecular complexity index is 995. The maximum atomic E-state index is 12.6. The summed E-state index contributed by atoms with van der Waals surface area (Å²) in [5.74, 6) is -0.545. The van der Waals surface area contributed by atoms with Crippen molar-refractivity contribution in [1.29, 1.82) is 0 Å². The van der Waals surface area contributed by atoms with Gasteiger partial charge in [-0.3, -0.25) is 14.5 Å². The average molecular weight is 472 g/mol. The van der Waals surface area contributed by atoms with Gasteiger partial charge in [-0.25, -0.2) is 0 Å². The van der Waals surface area contributed by atoms with Crippen LogP contribution in [0.25, 0.3) is 6.08 Å². The first-order valence-electron chi connectivity index (χ1n) is 8.10. The molecule has 0 radical (unpaired) electrons. The third-order valence-electron chi connectivity index (χ3n) is 3.85. The van der Waals surface area contributed by atoms with Crippen LogP contribution in [0.2, 0.25) is 15.1 Å². The summed E-state index contributed by atoms with van der Waals surface area (Å²) in [6.07, 6.45) is 1.77.